The lowest BCUT2D eigenvalue weighted by Crippen LogP contribution is -2.42. The highest BCUT2D eigenvalue weighted by molar-refractivity contribution is 9.10. The van der Waals surface area contributed by atoms with Crippen molar-refractivity contribution in [2.45, 2.75) is 31.5 Å². The predicted octanol–water partition coefficient (Wildman–Crippen LogP) is 6.45. The first-order valence-electron chi connectivity index (χ1n) is 7.03. The number of aryl methyl sites for hydroxylation is 2. The Balaban J connectivity index is 2.36. The number of aliphatic hydroxyl groups is 1. The van der Waals surface area contributed by atoms with Crippen molar-refractivity contribution in [2.75, 3.05) is 0 Å². The minimum Gasteiger partial charge on any atom is -0.376 e. The molecule has 0 aromatic heterocycles. The van der Waals surface area contributed by atoms with Crippen LogP contribution in [0.1, 0.15) is 23.1 Å². The third-order valence-corrected chi connectivity index (χ3v) is 5.13. The first kappa shape index (κ1) is 19.6. The van der Waals surface area contributed by atoms with E-state index in [-0.39, 0.29) is 22.0 Å². The second-order valence-corrected chi connectivity index (χ2v) is 7.33. The van der Waals surface area contributed by atoms with Gasteiger partial charge in [-0.15, -0.1) is 0 Å². The summed E-state index contributed by atoms with van der Waals surface area (Å²) in [4.78, 5) is 0. The lowest BCUT2D eigenvalue weighted by atomic mass is 9.87. The van der Waals surface area contributed by atoms with Crippen LogP contribution in [0.5, 0.6) is 0 Å². The molecule has 2 aromatic carbocycles. The molecule has 1 atom stereocenters. The van der Waals surface area contributed by atoms with Gasteiger partial charge in [0.05, 0.1) is 0 Å². The summed E-state index contributed by atoms with van der Waals surface area (Å²) in [7, 11) is 0. The second-order valence-electron chi connectivity index (χ2n) is 5.60. The summed E-state index contributed by atoms with van der Waals surface area (Å²) < 4.78 is 41.5. The maximum absolute atomic E-state index is 13.6. The molecule has 1 nitrogen and oxygen atoms in total. The molecule has 1 unspecified atom stereocenters. The van der Waals surface area contributed by atoms with Crippen molar-refractivity contribution in [2.24, 2.45) is 0 Å². The number of rotatable bonds is 4. The molecule has 0 bridgehead atoms. The standard InChI is InChI=1S/C17H14BrCl2F3O/c1-10-6-11(2-3-15(10)18)4-5-16(24,17(21,22)23)12-7-13(19)9-14(20)8-12/h2-3,6-9,24H,4-5H2,1H3. The maximum atomic E-state index is 13.6. The van der Waals surface area contributed by atoms with E-state index < -0.39 is 18.2 Å². The van der Waals surface area contributed by atoms with Gasteiger partial charge >= 0.3 is 6.18 Å². The second kappa shape index (κ2) is 7.24. The summed E-state index contributed by atoms with van der Waals surface area (Å²) in [6.45, 7) is 1.85. The third-order valence-electron chi connectivity index (χ3n) is 3.81. The molecule has 0 aliphatic heterocycles. The van der Waals surface area contributed by atoms with Crippen LogP contribution < -0.4 is 0 Å². The van der Waals surface area contributed by atoms with Gasteiger partial charge in [-0.1, -0.05) is 51.3 Å². The van der Waals surface area contributed by atoms with Crippen molar-refractivity contribution in [1.29, 1.82) is 0 Å². The van der Waals surface area contributed by atoms with E-state index in [9.17, 15) is 18.3 Å². The smallest absolute Gasteiger partial charge is 0.376 e. The average molecular weight is 442 g/mol. The highest BCUT2D eigenvalue weighted by atomic mass is 79.9. The van der Waals surface area contributed by atoms with Crippen molar-refractivity contribution < 1.29 is 18.3 Å². The predicted molar refractivity (Wildman–Crippen MR) is 93.6 cm³/mol. The van der Waals surface area contributed by atoms with Crippen LogP contribution in [0.3, 0.4) is 0 Å². The lowest BCUT2D eigenvalue weighted by molar-refractivity contribution is -0.269. The topological polar surface area (TPSA) is 20.2 Å². The summed E-state index contributed by atoms with van der Waals surface area (Å²) in [6.07, 6.45) is -5.34. The highest BCUT2D eigenvalue weighted by Gasteiger charge is 2.54. The molecule has 0 aliphatic rings. The first-order chi connectivity index (χ1) is 11.0. The Morgan fingerprint density at radius 2 is 1.62 bits per heavy atom. The van der Waals surface area contributed by atoms with Crippen LogP contribution in [-0.2, 0) is 12.0 Å². The maximum Gasteiger partial charge on any atom is 0.421 e. The van der Waals surface area contributed by atoms with E-state index in [2.05, 4.69) is 15.9 Å². The van der Waals surface area contributed by atoms with E-state index in [1.165, 1.54) is 6.07 Å². The summed E-state index contributed by atoms with van der Waals surface area (Å²) in [6, 6.07) is 8.78. The molecule has 0 amide bonds. The van der Waals surface area contributed by atoms with Gasteiger partial charge in [-0.05, 0) is 60.7 Å². The van der Waals surface area contributed by atoms with Gasteiger partial charge in [0, 0.05) is 14.5 Å². The third kappa shape index (κ3) is 4.26. The molecule has 0 saturated carbocycles. The Morgan fingerprint density at radius 3 is 2.12 bits per heavy atom. The molecule has 2 aromatic rings. The van der Waals surface area contributed by atoms with Crippen LogP contribution in [-0.4, -0.2) is 11.3 Å². The van der Waals surface area contributed by atoms with Crippen molar-refractivity contribution >= 4 is 39.1 Å². The molecule has 0 radical (unpaired) electrons. The largest absolute Gasteiger partial charge is 0.421 e. The number of hydrogen-bond donors (Lipinski definition) is 1. The number of benzene rings is 2. The Bertz CT molecular complexity index is 729. The summed E-state index contributed by atoms with van der Waals surface area (Å²) in [5.74, 6) is 0. The average Bonchev–Trinajstić information content (AvgIpc) is 2.46. The fourth-order valence-electron chi connectivity index (χ4n) is 2.43. The van der Waals surface area contributed by atoms with Gasteiger partial charge in [-0.2, -0.15) is 13.2 Å². The van der Waals surface area contributed by atoms with E-state index in [4.69, 9.17) is 23.2 Å². The SMILES string of the molecule is Cc1cc(CCC(O)(c2cc(Cl)cc(Cl)c2)C(F)(F)F)ccc1Br. The minimum atomic E-state index is -4.86. The van der Waals surface area contributed by atoms with Crippen LogP contribution in [0, 0.1) is 6.92 Å². The Hall–Kier alpha value is -0.750. The van der Waals surface area contributed by atoms with Crippen LogP contribution in [0.25, 0.3) is 0 Å². The minimum absolute atomic E-state index is 0.0414. The molecule has 0 fully saturated rings. The zero-order chi connectivity index (χ0) is 18.1. The molecular weight excluding hydrogens is 428 g/mol. The van der Waals surface area contributed by atoms with E-state index in [1.807, 2.05) is 6.92 Å². The number of hydrogen-bond acceptors (Lipinski definition) is 1. The van der Waals surface area contributed by atoms with Gasteiger partial charge in [0.1, 0.15) is 0 Å². The van der Waals surface area contributed by atoms with E-state index >= 15 is 0 Å². The number of halogens is 6. The fourth-order valence-corrected chi connectivity index (χ4v) is 3.20. The van der Waals surface area contributed by atoms with E-state index in [0.29, 0.717) is 5.56 Å². The Kier molecular flexibility index (Phi) is 5.91. The van der Waals surface area contributed by atoms with Crippen LogP contribution in [0.15, 0.2) is 40.9 Å². The highest BCUT2D eigenvalue weighted by Crippen LogP contribution is 2.43. The van der Waals surface area contributed by atoms with Gasteiger partial charge in [0.25, 0.3) is 0 Å². The Labute approximate surface area is 156 Å². The van der Waals surface area contributed by atoms with E-state index in [0.717, 1.165) is 22.2 Å². The van der Waals surface area contributed by atoms with Gasteiger partial charge < -0.3 is 5.11 Å². The van der Waals surface area contributed by atoms with Crippen molar-refractivity contribution in [1.82, 2.24) is 0 Å². The van der Waals surface area contributed by atoms with Crippen LogP contribution >= 0.6 is 39.1 Å². The molecule has 1 N–H and O–H groups in total. The van der Waals surface area contributed by atoms with Gasteiger partial charge in [-0.25, -0.2) is 0 Å². The fraction of sp³-hybridized carbons (Fsp3) is 0.294. The molecule has 0 spiro atoms. The van der Waals surface area contributed by atoms with Gasteiger partial charge in [0.2, 0.25) is 0 Å². The monoisotopic (exact) mass is 440 g/mol. The molecule has 7 heteroatoms. The van der Waals surface area contributed by atoms with Crippen molar-refractivity contribution in [3.8, 4) is 0 Å². The zero-order valence-electron chi connectivity index (χ0n) is 12.6. The first-order valence-corrected chi connectivity index (χ1v) is 8.58. The molecular formula is C17H14BrCl2F3O. The molecule has 0 heterocycles. The lowest BCUT2D eigenvalue weighted by Gasteiger charge is -2.31. The summed E-state index contributed by atoms with van der Waals surface area (Å²) in [5.41, 5.74) is -1.77. The quantitative estimate of drug-likeness (QED) is 0.578. The van der Waals surface area contributed by atoms with E-state index in [1.54, 1.807) is 18.2 Å². The normalized spacial score (nSPS) is 14.5. The van der Waals surface area contributed by atoms with Gasteiger partial charge in [-0.3, -0.25) is 0 Å². The molecule has 130 valence electrons. The van der Waals surface area contributed by atoms with Crippen LogP contribution in [0.4, 0.5) is 13.2 Å². The van der Waals surface area contributed by atoms with Crippen molar-refractivity contribution in [3.63, 3.8) is 0 Å². The van der Waals surface area contributed by atoms with Gasteiger partial charge in [0.15, 0.2) is 5.60 Å². The molecule has 0 saturated heterocycles. The summed E-state index contributed by atoms with van der Waals surface area (Å²) in [5, 5.41) is 10.5. The van der Waals surface area contributed by atoms with Crippen molar-refractivity contribution in [3.05, 3.63) is 67.6 Å². The molecule has 2 rings (SSSR count). The molecule has 24 heavy (non-hydrogen) atoms. The molecule has 0 aliphatic carbocycles. The zero-order valence-corrected chi connectivity index (χ0v) is 15.7. The summed E-state index contributed by atoms with van der Waals surface area (Å²) >= 11 is 14.9. The Morgan fingerprint density at radius 1 is 1.04 bits per heavy atom. The number of alkyl halides is 3. The van der Waals surface area contributed by atoms with Crippen LogP contribution in [0.2, 0.25) is 10.0 Å².